The summed E-state index contributed by atoms with van der Waals surface area (Å²) in [5.74, 6) is 0.0955. The summed E-state index contributed by atoms with van der Waals surface area (Å²) in [4.78, 5) is 24.0. The molecular weight excluding hydrogens is 322 g/mol. The van der Waals surface area contributed by atoms with Crippen molar-refractivity contribution in [2.24, 2.45) is 0 Å². The van der Waals surface area contributed by atoms with Gasteiger partial charge in [0.15, 0.2) is 6.73 Å². The maximum absolute atomic E-state index is 12.2. The highest BCUT2D eigenvalue weighted by Crippen LogP contribution is 2.13. The fraction of sp³-hybridized carbons (Fsp3) is 0.111. The minimum absolute atomic E-state index is 0.308. The molecule has 0 aliphatic heterocycles. The van der Waals surface area contributed by atoms with E-state index in [4.69, 9.17) is 9.47 Å². The highest BCUT2D eigenvalue weighted by atomic mass is 16.5. The van der Waals surface area contributed by atoms with Crippen LogP contribution in [0.2, 0.25) is 0 Å². The highest BCUT2D eigenvalue weighted by molar-refractivity contribution is 5.87. The number of hydrogen-bond acceptors (Lipinski definition) is 6. The van der Waals surface area contributed by atoms with Crippen molar-refractivity contribution in [2.75, 3.05) is 7.11 Å². The first kappa shape index (κ1) is 16.4. The smallest absolute Gasteiger partial charge is 0.332 e. The summed E-state index contributed by atoms with van der Waals surface area (Å²) < 4.78 is 11.2. The number of carbonyl (C=O) groups excluding carboxylic acids is 1. The van der Waals surface area contributed by atoms with E-state index in [-0.39, 0.29) is 12.3 Å². The molecule has 0 amide bonds. The number of esters is 1. The normalized spacial score (nSPS) is 10.9. The lowest BCUT2D eigenvalue weighted by atomic mass is 10.2. The number of fused-ring (bicyclic) bond motifs is 1. The second-order valence-corrected chi connectivity index (χ2v) is 5.11. The number of methoxy groups -OCH3 is 1. The number of aromatic nitrogens is 3. The van der Waals surface area contributed by atoms with Crippen molar-refractivity contribution in [3.05, 3.63) is 70.5 Å². The summed E-state index contributed by atoms with van der Waals surface area (Å²) in [6, 6.07) is 14.1. The second-order valence-electron chi connectivity index (χ2n) is 5.11. The van der Waals surface area contributed by atoms with E-state index in [0.717, 1.165) is 10.2 Å². The van der Waals surface area contributed by atoms with Crippen LogP contribution < -0.4 is 10.3 Å². The van der Waals surface area contributed by atoms with E-state index in [9.17, 15) is 9.59 Å². The van der Waals surface area contributed by atoms with E-state index >= 15 is 0 Å². The van der Waals surface area contributed by atoms with Crippen molar-refractivity contribution in [1.29, 1.82) is 0 Å². The molecule has 0 spiro atoms. The van der Waals surface area contributed by atoms with Crippen molar-refractivity contribution in [3.63, 3.8) is 0 Å². The van der Waals surface area contributed by atoms with Crippen LogP contribution in [0.5, 0.6) is 5.75 Å². The minimum Gasteiger partial charge on any atom is -0.497 e. The maximum Gasteiger partial charge on any atom is 0.332 e. The van der Waals surface area contributed by atoms with Gasteiger partial charge in [0.2, 0.25) is 0 Å². The molecule has 0 atom stereocenters. The molecule has 7 heteroatoms. The van der Waals surface area contributed by atoms with Crippen molar-refractivity contribution in [1.82, 2.24) is 15.0 Å². The molecule has 0 N–H and O–H groups in total. The minimum atomic E-state index is -0.593. The van der Waals surface area contributed by atoms with Crippen molar-refractivity contribution in [2.45, 2.75) is 6.73 Å². The predicted molar refractivity (Wildman–Crippen MR) is 91.9 cm³/mol. The van der Waals surface area contributed by atoms with Crippen LogP contribution in [0.3, 0.4) is 0 Å². The van der Waals surface area contributed by atoms with Crippen LogP contribution in [0.15, 0.2) is 59.4 Å². The van der Waals surface area contributed by atoms with Gasteiger partial charge in [-0.15, -0.1) is 5.10 Å². The van der Waals surface area contributed by atoms with Crippen LogP contribution in [0.25, 0.3) is 17.0 Å². The average molecular weight is 337 g/mol. The van der Waals surface area contributed by atoms with Crippen LogP contribution in [0.1, 0.15) is 5.56 Å². The Morgan fingerprint density at radius 3 is 2.88 bits per heavy atom. The Morgan fingerprint density at radius 1 is 1.20 bits per heavy atom. The summed E-state index contributed by atoms with van der Waals surface area (Å²) in [6.45, 7) is -0.308. The number of rotatable bonds is 5. The van der Waals surface area contributed by atoms with E-state index in [1.54, 1.807) is 49.6 Å². The second kappa shape index (κ2) is 7.39. The number of ether oxygens (including phenoxy) is 2. The zero-order chi connectivity index (χ0) is 17.6. The lowest BCUT2D eigenvalue weighted by molar-refractivity contribution is -0.141. The summed E-state index contributed by atoms with van der Waals surface area (Å²) >= 11 is 0. The Kier molecular flexibility index (Phi) is 4.84. The monoisotopic (exact) mass is 337 g/mol. The molecule has 0 unspecified atom stereocenters. The lowest BCUT2D eigenvalue weighted by Crippen LogP contribution is -2.26. The molecule has 1 heterocycles. The molecule has 25 heavy (non-hydrogen) atoms. The average Bonchev–Trinajstić information content (AvgIpc) is 2.66. The first-order chi connectivity index (χ1) is 12.2. The Balaban J connectivity index is 1.67. The molecule has 0 fully saturated rings. The van der Waals surface area contributed by atoms with Gasteiger partial charge in [0, 0.05) is 6.08 Å². The van der Waals surface area contributed by atoms with Crippen molar-refractivity contribution in [3.8, 4) is 5.75 Å². The van der Waals surface area contributed by atoms with Gasteiger partial charge < -0.3 is 9.47 Å². The quantitative estimate of drug-likeness (QED) is 0.523. The lowest BCUT2D eigenvalue weighted by Gasteiger charge is -2.04. The Bertz CT molecular complexity index is 995. The Hall–Kier alpha value is -3.48. The number of carbonyl (C=O) groups is 1. The Labute approximate surface area is 143 Å². The molecule has 0 radical (unpaired) electrons. The van der Waals surface area contributed by atoms with Crippen molar-refractivity contribution >= 4 is 22.9 Å². The fourth-order valence-corrected chi connectivity index (χ4v) is 2.19. The van der Waals surface area contributed by atoms with E-state index < -0.39 is 5.97 Å². The fourth-order valence-electron chi connectivity index (χ4n) is 2.19. The standard InChI is InChI=1S/C18H15N3O4/c1-24-14-6-4-5-13(11-14)9-10-17(22)25-12-21-18(23)15-7-2-3-8-16(15)19-20-21/h2-11H,12H2,1H3/b10-9+. The Morgan fingerprint density at radius 2 is 2.04 bits per heavy atom. The van der Waals surface area contributed by atoms with E-state index in [1.165, 1.54) is 6.08 Å². The zero-order valence-electron chi connectivity index (χ0n) is 13.5. The van der Waals surface area contributed by atoms with Gasteiger partial charge in [-0.25, -0.2) is 4.79 Å². The van der Waals surface area contributed by atoms with E-state index in [1.807, 2.05) is 12.1 Å². The number of hydrogen-bond donors (Lipinski definition) is 0. The van der Waals surface area contributed by atoms with Gasteiger partial charge in [0.25, 0.3) is 5.56 Å². The van der Waals surface area contributed by atoms with Crippen LogP contribution in [0.4, 0.5) is 0 Å². The zero-order valence-corrected chi connectivity index (χ0v) is 13.5. The van der Waals surface area contributed by atoms with Crippen molar-refractivity contribution < 1.29 is 14.3 Å². The van der Waals surface area contributed by atoms with Gasteiger partial charge in [0.05, 0.1) is 12.5 Å². The molecular formula is C18H15N3O4. The molecule has 2 aromatic carbocycles. The molecule has 1 aromatic heterocycles. The molecule has 0 saturated carbocycles. The molecule has 3 rings (SSSR count). The van der Waals surface area contributed by atoms with E-state index in [2.05, 4.69) is 10.3 Å². The third-order valence-corrected chi connectivity index (χ3v) is 3.46. The van der Waals surface area contributed by atoms with Gasteiger partial charge >= 0.3 is 5.97 Å². The van der Waals surface area contributed by atoms with Gasteiger partial charge in [0.1, 0.15) is 11.3 Å². The summed E-state index contributed by atoms with van der Waals surface area (Å²) in [6.07, 6.45) is 2.87. The molecule has 7 nitrogen and oxygen atoms in total. The third-order valence-electron chi connectivity index (χ3n) is 3.46. The molecule has 0 aliphatic rings. The number of benzene rings is 2. The maximum atomic E-state index is 12.2. The third kappa shape index (κ3) is 3.89. The highest BCUT2D eigenvalue weighted by Gasteiger charge is 2.06. The molecule has 126 valence electrons. The molecule has 3 aromatic rings. The summed E-state index contributed by atoms with van der Waals surface area (Å²) in [7, 11) is 1.57. The summed E-state index contributed by atoms with van der Waals surface area (Å²) in [5, 5.41) is 8.10. The van der Waals surface area contributed by atoms with Crippen LogP contribution in [-0.2, 0) is 16.3 Å². The topological polar surface area (TPSA) is 83.3 Å². The molecule has 0 aliphatic carbocycles. The largest absolute Gasteiger partial charge is 0.497 e. The van der Waals surface area contributed by atoms with E-state index in [0.29, 0.717) is 16.7 Å². The molecule has 0 bridgehead atoms. The predicted octanol–water partition coefficient (Wildman–Crippen LogP) is 2.01. The van der Waals surface area contributed by atoms with Crippen LogP contribution >= 0.6 is 0 Å². The number of nitrogens with zero attached hydrogens (tertiary/aromatic N) is 3. The van der Waals surface area contributed by atoms with Gasteiger partial charge in [-0.3, -0.25) is 4.79 Å². The van der Waals surface area contributed by atoms with Gasteiger partial charge in [-0.05, 0) is 35.9 Å². The summed E-state index contributed by atoms with van der Waals surface area (Å²) in [5.41, 5.74) is 0.919. The first-order valence-corrected chi connectivity index (χ1v) is 7.49. The molecule has 0 saturated heterocycles. The van der Waals surface area contributed by atoms with Crippen LogP contribution in [0, 0.1) is 0 Å². The first-order valence-electron chi connectivity index (χ1n) is 7.49. The van der Waals surface area contributed by atoms with Crippen LogP contribution in [-0.4, -0.2) is 28.1 Å². The van der Waals surface area contributed by atoms with Gasteiger partial charge in [-0.2, -0.15) is 4.68 Å². The van der Waals surface area contributed by atoms with Gasteiger partial charge in [-0.1, -0.05) is 29.5 Å². The SMILES string of the molecule is COc1cccc(/C=C/C(=O)OCn2nnc3ccccc3c2=O)c1.